The number of carbonyl (C=O) groups is 2. The highest BCUT2D eigenvalue weighted by Gasteiger charge is 2.26. The summed E-state index contributed by atoms with van der Waals surface area (Å²) in [6.45, 7) is 0. The van der Waals surface area contributed by atoms with E-state index in [1.807, 2.05) is 0 Å². The number of halogens is 6. The molecule has 1 saturated heterocycles. The Morgan fingerprint density at radius 1 is 0.935 bits per heavy atom. The van der Waals surface area contributed by atoms with Gasteiger partial charge in [-0.05, 0) is 36.1 Å². The zero-order valence-corrected chi connectivity index (χ0v) is 15.9. The molecule has 2 atom stereocenters. The number of nitrogens with one attached hydrogen (secondary N) is 1. The third-order valence-electron chi connectivity index (χ3n) is 4.36. The lowest BCUT2D eigenvalue weighted by molar-refractivity contribution is -0.137. The zero-order valence-electron chi connectivity index (χ0n) is 15.9. The summed E-state index contributed by atoms with van der Waals surface area (Å²) in [4.78, 5) is 20.9. The monoisotopic (exact) mass is 448 g/mol. The van der Waals surface area contributed by atoms with Gasteiger partial charge in [0, 0.05) is 30.6 Å². The Morgan fingerprint density at radius 2 is 1.39 bits per heavy atom. The molecule has 2 aromatic rings. The summed E-state index contributed by atoms with van der Waals surface area (Å²) in [7, 11) is 0. The minimum Gasteiger partial charge on any atom is -0.481 e. The molecule has 3 rings (SSSR count). The second kappa shape index (κ2) is 10.3. The highest BCUT2D eigenvalue weighted by atomic mass is 19.2. The van der Waals surface area contributed by atoms with Crippen molar-refractivity contribution >= 4 is 11.9 Å². The highest BCUT2D eigenvalue weighted by molar-refractivity contribution is 5.82. The molecule has 0 aliphatic carbocycles. The Kier molecular flexibility index (Phi) is 8.03. The second-order valence-corrected chi connectivity index (χ2v) is 6.95. The van der Waals surface area contributed by atoms with Crippen LogP contribution in [0.5, 0.6) is 0 Å². The van der Waals surface area contributed by atoms with Crippen LogP contribution in [-0.2, 0) is 22.4 Å². The van der Waals surface area contributed by atoms with Crippen molar-refractivity contribution in [1.82, 2.24) is 5.32 Å². The molecule has 2 aromatic carbocycles. The molecule has 0 spiro atoms. The van der Waals surface area contributed by atoms with Crippen LogP contribution in [0.25, 0.3) is 0 Å². The lowest BCUT2D eigenvalue weighted by Crippen LogP contribution is -2.49. The largest absolute Gasteiger partial charge is 0.481 e. The molecule has 1 amide bonds. The fourth-order valence-electron chi connectivity index (χ4n) is 2.84. The molecule has 168 valence electrons. The van der Waals surface area contributed by atoms with Crippen LogP contribution in [-0.4, -0.2) is 29.1 Å². The van der Waals surface area contributed by atoms with Gasteiger partial charge in [-0.25, -0.2) is 26.3 Å². The number of benzene rings is 2. The van der Waals surface area contributed by atoms with Crippen LogP contribution >= 0.6 is 0 Å². The molecule has 1 heterocycles. The van der Waals surface area contributed by atoms with Crippen LogP contribution in [0.3, 0.4) is 0 Å². The van der Waals surface area contributed by atoms with Crippen molar-refractivity contribution in [1.29, 1.82) is 0 Å². The molecule has 0 saturated carbocycles. The fourth-order valence-corrected chi connectivity index (χ4v) is 2.84. The van der Waals surface area contributed by atoms with Crippen LogP contribution < -0.4 is 11.1 Å². The lowest BCUT2D eigenvalue weighted by Gasteiger charge is -2.26. The SMILES string of the molecule is NC(CC(=O)O)Cc1cc(F)c(F)cc1F.O=C1CC(Cc2cc(F)c(F)cc2F)N1. The summed E-state index contributed by atoms with van der Waals surface area (Å²) in [5.41, 5.74) is 5.35. The number of carbonyl (C=O) groups excluding carboxylic acids is 1. The van der Waals surface area contributed by atoms with Gasteiger partial charge in [0.2, 0.25) is 5.91 Å². The van der Waals surface area contributed by atoms with Gasteiger partial charge < -0.3 is 16.2 Å². The Morgan fingerprint density at radius 3 is 1.87 bits per heavy atom. The van der Waals surface area contributed by atoms with E-state index in [4.69, 9.17) is 10.8 Å². The molecule has 0 aromatic heterocycles. The Bertz CT molecular complexity index is 978. The number of rotatable bonds is 6. The Labute approximate surface area is 172 Å². The first-order valence-electron chi connectivity index (χ1n) is 8.99. The fraction of sp³-hybridized carbons (Fsp3) is 0.300. The number of β-lactam (4-membered cyclic amide) rings is 1. The van der Waals surface area contributed by atoms with Crippen LogP contribution in [0.15, 0.2) is 24.3 Å². The van der Waals surface area contributed by atoms with E-state index in [-0.39, 0.29) is 42.3 Å². The molecule has 0 bridgehead atoms. The van der Waals surface area contributed by atoms with Gasteiger partial charge in [-0.3, -0.25) is 9.59 Å². The average Bonchev–Trinajstić information content (AvgIpc) is 2.62. The molecule has 1 fully saturated rings. The minimum atomic E-state index is -1.28. The molecule has 0 radical (unpaired) electrons. The Hall–Kier alpha value is -3.08. The molecule has 31 heavy (non-hydrogen) atoms. The molecule has 5 nitrogen and oxygen atoms in total. The number of amides is 1. The van der Waals surface area contributed by atoms with Gasteiger partial charge in [0.05, 0.1) is 6.42 Å². The third-order valence-corrected chi connectivity index (χ3v) is 4.36. The van der Waals surface area contributed by atoms with Crippen molar-refractivity contribution in [2.24, 2.45) is 5.73 Å². The second-order valence-electron chi connectivity index (χ2n) is 6.95. The molecule has 2 unspecified atom stereocenters. The highest BCUT2D eigenvalue weighted by Crippen LogP contribution is 2.18. The maximum atomic E-state index is 13.1. The first kappa shape index (κ1) is 24.2. The van der Waals surface area contributed by atoms with E-state index in [1.54, 1.807) is 0 Å². The number of hydrogen-bond donors (Lipinski definition) is 3. The van der Waals surface area contributed by atoms with Gasteiger partial charge in [-0.2, -0.15) is 0 Å². The van der Waals surface area contributed by atoms with Crippen LogP contribution in [0, 0.1) is 34.9 Å². The van der Waals surface area contributed by atoms with E-state index in [2.05, 4.69) is 5.32 Å². The summed E-state index contributed by atoms with van der Waals surface area (Å²) >= 11 is 0. The molecule has 1 aliphatic rings. The summed E-state index contributed by atoms with van der Waals surface area (Å²) in [5.74, 6) is -7.69. The van der Waals surface area contributed by atoms with Crippen molar-refractivity contribution in [3.8, 4) is 0 Å². The summed E-state index contributed by atoms with van der Waals surface area (Å²) in [6, 6.07) is 1.44. The number of carboxylic acid groups (broad SMARTS) is 1. The van der Waals surface area contributed by atoms with E-state index < -0.39 is 46.9 Å². The Balaban J connectivity index is 0.000000220. The van der Waals surface area contributed by atoms with E-state index in [0.717, 1.165) is 6.07 Å². The summed E-state index contributed by atoms with van der Waals surface area (Å²) < 4.78 is 76.9. The smallest absolute Gasteiger partial charge is 0.304 e. The van der Waals surface area contributed by atoms with Crippen LogP contribution in [0.1, 0.15) is 24.0 Å². The quantitative estimate of drug-likeness (QED) is 0.360. The van der Waals surface area contributed by atoms with Gasteiger partial charge in [0.15, 0.2) is 23.3 Å². The normalized spacial score (nSPS) is 16.0. The van der Waals surface area contributed by atoms with Gasteiger partial charge >= 0.3 is 5.97 Å². The van der Waals surface area contributed by atoms with Crippen molar-refractivity contribution in [2.45, 2.75) is 37.8 Å². The molecular weight excluding hydrogens is 430 g/mol. The van der Waals surface area contributed by atoms with Crippen LogP contribution in [0.4, 0.5) is 26.3 Å². The predicted molar refractivity (Wildman–Crippen MR) is 96.8 cm³/mol. The van der Waals surface area contributed by atoms with Crippen molar-refractivity contribution in [2.75, 3.05) is 0 Å². The van der Waals surface area contributed by atoms with Crippen molar-refractivity contribution in [3.05, 3.63) is 70.3 Å². The van der Waals surface area contributed by atoms with E-state index in [1.165, 1.54) is 0 Å². The maximum absolute atomic E-state index is 13.1. The van der Waals surface area contributed by atoms with Gasteiger partial charge in [-0.1, -0.05) is 0 Å². The number of nitrogens with two attached hydrogens (primary N) is 1. The maximum Gasteiger partial charge on any atom is 0.304 e. The zero-order chi connectivity index (χ0) is 23.3. The molecule has 11 heteroatoms. The van der Waals surface area contributed by atoms with Gasteiger partial charge in [0.25, 0.3) is 0 Å². The molecule has 1 aliphatic heterocycles. The molecule has 4 N–H and O–H groups in total. The number of aliphatic carboxylic acids is 1. The van der Waals surface area contributed by atoms with Crippen LogP contribution in [0.2, 0.25) is 0 Å². The van der Waals surface area contributed by atoms with Crippen molar-refractivity contribution < 1.29 is 41.0 Å². The van der Waals surface area contributed by atoms with Gasteiger partial charge in [-0.15, -0.1) is 0 Å². The minimum absolute atomic E-state index is 0.0823. The lowest BCUT2D eigenvalue weighted by atomic mass is 9.97. The van der Waals surface area contributed by atoms with E-state index in [0.29, 0.717) is 24.6 Å². The average molecular weight is 448 g/mol. The topological polar surface area (TPSA) is 92.4 Å². The van der Waals surface area contributed by atoms with Crippen molar-refractivity contribution in [3.63, 3.8) is 0 Å². The predicted octanol–water partition coefficient (Wildman–Crippen LogP) is 2.98. The number of carboxylic acids is 1. The first-order chi connectivity index (χ1) is 14.5. The third kappa shape index (κ3) is 6.99. The standard InChI is InChI=1S/C10H10F3NO2.C10H8F3NO/c11-7-4-9(13)8(12)2-5(7)1-6(14)3-10(15)16;11-7-4-9(13)8(12)2-5(7)1-6-3-10(15)14-6/h2,4,6H,1,3,14H2,(H,15,16);2,4,6H,1,3H2,(H,14,15). The molecular formula is C20H18F6N2O3. The van der Waals surface area contributed by atoms with E-state index in [9.17, 15) is 35.9 Å². The number of hydrogen-bond acceptors (Lipinski definition) is 3. The van der Waals surface area contributed by atoms with Gasteiger partial charge in [0.1, 0.15) is 11.6 Å². The summed E-state index contributed by atoms with van der Waals surface area (Å²) in [6.07, 6.45) is -0.0268. The van der Waals surface area contributed by atoms with E-state index >= 15 is 0 Å². The first-order valence-corrected chi connectivity index (χ1v) is 8.99. The summed E-state index contributed by atoms with van der Waals surface area (Å²) in [5, 5.41) is 11.0.